The number of ether oxygens (including phenoxy) is 1. The van der Waals surface area contributed by atoms with E-state index in [1.807, 2.05) is 36.4 Å². The molecule has 2 unspecified atom stereocenters. The lowest BCUT2D eigenvalue weighted by molar-refractivity contribution is -0.153. The van der Waals surface area contributed by atoms with E-state index in [-0.39, 0.29) is 31.4 Å². The smallest absolute Gasteiger partial charge is 0.410 e. The molecule has 33 heavy (non-hydrogen) atoms. The van der Waals surface area contributed by atoms with E-state index < -0.39 is 23.6 Å². The molecule has 2 aromatic carbocycles. The number of carbonyl (C=O) groups is 3. The third-order valence-electron chi connectivity index (χ3n) is 7.52. The van der Waals surface area contributed by atoms with Crippen molar-refractivity contribution in [1.29, 1.82) is 0 Å². The molecule has 0 bridgehead atoms. The highest BCUT2D eigenvalue weighted by atomic mass is 16.6. The summed E-state index contributed by atoms with van der Waals surface area (Å²) in [4.78, 5) is 41.6. The molecule has 2 atom stereocenters. The Labute approximate surface area is 192 Å². The maximum absolute atomic E-state index is 13.3. The first-order chi connectivity index (χ1) is 16.0. The number of likely N-dealkylation sites (N-methyl/N-ethyl adjacent to an activating group) is 1. The van der Waals surface area contributed by atoms with E-state index in [1.165, 1.54) is 4.90 Å². The molecule has 7 heteroatoms. The molecule has 7 nitrogen and oxygen atoms in total. The molecule has 1 N–H and O–H groups in total. The largest absolute Gasteiger partial charge is 0.479 e. The molecule has 172 valence electrons. The molecular weight excluding hydrogens is 420 g/mol. The molecule has 0 aromatic heterocycles. The monoisotopic (exact) mass is 448 g/mol. The fourth-order valence-corrected chi connectivity index (χ4v) is 6.03. The van der Waals surface area contributed by atoms with Gasteiger partial charge in [0.1, 0.15) is 6.61 Å². The summed E-state index contributed by atoms with van der Waals surface area (Å²) in [6.07, 6.45) is 1.39. The fraction of sp³-hybridized carbons (Fsp3) is 0.423. The third kappa shape index (κ3) is 3.21. The van der Waals surface area contributed by atoms with E-state index in [2.05, 4.69) is 12.1 Å². The average molecular weight is 449 g/mol. The number of amides is 2. The number of carboxylic acid groups (broad SMARTS) is 1. The first kappa shape index (κ1) is 21.5. The summed E-state index contributed by atoms with van der Waals surface area (Å²) >= 11 is 0. The first-order valence-corrected chi connectivity index (χ1v) is 11.6. The molecule has 2 aromatic rings. The van der Waals surface area contributed by atoms with Crippen LogP contribution in [0.3, 0.4) is 0 Å². The van der Waals surface area contributed by atoms with Gasteiger partial charge >= 0.3 is 12.1 Å². The minimum Gasteiger partial charge on any atom is -0.479 e. The summed E-state index contributed by atoms with van der Waals surface area (Å²) in [5, 5.41) is 10.3. The maximum atomic E-state index is 13.3. The highest BCUT2D eigenvalue weighted by Gasteiger charge is 2.62. The normalized spacial score (nSPS) is 23.6. The summed E-state index contributed by atoms with van der Waals surface area (Å²) in [5.41, 5.74) is 2.86. The van der Waals surface area contributed by atoms with Crippen molar-refractivity contribution < 1.29 is 24.2 Å². The van der Waals surface area contributed by atoms with Crippen LogP contribution in [-0.4, -0.2) is 64.2 Å². The summed E-state index contributed by atoms with van der Waals surface area (Å²) in [5.74, 6) is -1.45. The third-order valence-corrected chi connectivity index (χ3v) is 7.52. The average Bonchev–Trinajstić information content (AvgIpc) is 3.32. The van der Waals surface area contributed by atoms with Crippen molar-refractivity contribution in [2.75, 3.05) is 19.7 Å². The van der Waals surface area contributed by atoms with Gasteiger partial charge in [0.25, 0.3) is 0 Å². The highest BCUT2D eigenvalue weighted by molar-refractivity contribution is 5.95. The molecule has 0 radical (unpaired) electrons. The SMILES string of the molecule is CCN(C(=O)OCC1c2ccccc2-c2ccccc21)C1(C(=O)O)CC(=O)N2CCCCC21. The van der Waals surface area contributed by atoms with Crippen LogP contribution in [0.2, 0.25) is 0 Å². The van der Waals surface area contributed by atoms with Crippen LogP contribution in [0.25, 0.3) is 11.1 Å². The van der Waals surface area contributed by atoms with Crippen molar-refractivity contribution in [3.05, 3.63) is 59.7 Å². The zero-order chi connectivity index (χ0) is 23.2. The van der Waals surface area contributed by atoms with Crippen LogP contribution in [0.1, 0.15) is 49.7 Å². The number of aliphatic carboxylic acids is 1. The predicted octanol–water partition coefficient (Wildman–Crippen LogP) is 3.87. The van der Waals surface area contributed by atoms with Crippen LogP contribution in [0.5, 0.6) is 0 Å². The van der Waals surface area contributed by atoms with Crippen molar-refractivity contribution >= 4 is 18.0 Å². The summed E-state index contributed by atoms with van der Waals surface area (Å²) < 4.78 is 5.79. The Morgan fingerprint density at radius 2 is 1.73 bits per heavy atom. The topological polar surface area (TPSA) is 87.1 Å². The molecule has 1 aliphatic carbocycles. The van der Waals surface area contributed by atoms with Gasteiger partial charge in [-0.25, -0.2) is 9.59 Å². The van der Waals surface area contributed by atoms with Gasteiger partial charge in [-0.3, -0.25) is 9.69 Å². The number of nitrogens with zero attached hydrogens (tertiary/aromatic N) is 2. The van der Waals surface area contributed by atoms with Crippen molar-refractivity contribution in [3.63, 3.8) is 0 Å². The number of hydrogen-bond donors (Lipinski definition) is 1. The van der Waals surface area contributed by atoms with E-state index in [4.69, 9.17) is 4.74 Å². The minimum absolute atomic E-state index is 0.112. The van der Waals surface area contributed by atoms with Crippen molar-refractivity contribution in [2.45, 2.75) is 50.1 Å². The molecular formula is C26H28N2O5. The van der Waals surface area contributed by atoms with Gasteiger partial charge in [0.2, 0.25) is 5.91 Å². The van der Waals surface area contributed by atoms with Crippen LogP contribution in [0, 0.1) is 0 Å². The number of carboxylic acids is 1. The van der Waals surface area contributed by atoms with Crippen molar-refractivity contribution in [2.24, 2.45) is 0 Å². The molecule has 0 saturated carbocycles. The molecule has 2 fully saturated rings. The van der Waals surface area contributed by atoms with Gasteiger partial charge in [0.15, 0.2) is 5.54 Å². The zero-order valence-corrected chi connectivity index (χ0v) is 18.7. The van der Waals surface area contributed by atoms with E-state index in [0.717, 1.165) is 35.1 Å². The maximum Gasteiger partial charge on any atom is 0.410 e. The lowest BCUT2D eigenvalue weighted by Crippen LogP contribution is -2.64. The second-order valence-electron chi connectivity index (χ2n) is 9.05. The summed E-state index contributed by atoms with van der Waals surface area (Å²) in [6.45, 7) is 2.55. The van der Waals surface area contributed by atoms with Gasteiger partial charge in [-0.1, -0.05) is 48.5 Å². The van der Waals surface area contributed by atoms with Crippen LogP contribution in [-0.2, 0) is 14.3 Å². The summed E-state index contributed by atoms with van der Waals surface area (Å²) in [7, 11) is 0. The van der Waals surface area contributed by atoms with Crippen LogP contribution >= 0.6 is 0 Å². The number of carbonyl (C=O) groups excluding carboxylic acids is 2. The van der Waals surface area contributed by atoms with Gasteiger partial charge in [-0.05, 0) is 48.4 Å². The number of hydrogen-bond acceptors (Lipinski definition) is 4. The van der Waals surface area contributed by atoms with Gasteiger partial charge in [0.05, 0.1) is 12.5 Å². The number of benzene rings is 2. The van der Waals surface area contributed by atoms with E-state index in [1.54, 1.807) is 11.8 Å². The van der Waals surface area contributed by atoms with Crippen molar-refractivity contribution in [1.82, 2.24) is 9.80 Å². The Morgan fingerprint density at radius 1 is 1.09 bits per heavy atom. The van der Waals surface area contributed by atoms with Gasteiger partial charge < -0.3 is 14.7 Å². The standard InChI is InChI=1S/C26H28N2O5/c1-2-28(26(24(30)31)15-23(29)27-14-8-7-13-22(26)27)25(32)33-16-21-19-11-5-3-9-17(19)18-10-4-6-12-20(18)21/h3-6,9-12,21-22H,2,7-8,13-16H2,1H3,(H,30,31). The Morgan fingerprint density at radius 3 is 2.33 bits per heavy atom. The minimum atomic E-state index is -1.59. The molecule has 0 spiro atoms. The lowest BCUT2D eigenvalue weighted by Gasteiger charge is -2.43. The highest BCUT2D eigenvalue weighted by Crippen LogP contribution is 2.45. The van der Waals surface area contributed by atoms with E-state index in [9.17, 15) is 19.5 Å². The van der Waals surface area contributed by atoms with E-state index >= 15 is 0 Å². The molecule has 2 aliphatic heterocycles. The van der Waals surface area contributed by atoms with Gasteiger partial charge in [-0.15, -0.1) is 0 Å². The molecule has 2 saturated heterocycles. The van der Waals surface area contributed by atoms with Crippen LogP contribution in [0.15, 0.2) is 48.5 Å². The quantitative estimate of drug-likeness (QED) is 0.750. The second kappa shape index (κ2) is 8.21. The van der Waals surface area contributed by atoms with Crippen LogP contribution < -0.4 is 0 Å². The Bertz CT molecular complexity index is 1070. The number of rotatable bonds is 5. The van der Waals surface area contributed by atoms with E-state index in [0.29, 0.717) is 13.0 Å². The molecule has 5 rings (SSSR count). The Hall–Kier alpha value is -3.35. The zero-order valence-electron chi connectivity index (χ0n) is 18.7. The molecule has 2 heterocycles. The Balaban J connectivity index is 1.41. The first-order valence-electron chi connectivity index (χ1n) is 11.6. The van der Waals surface area contributed by atoms with Gasteiger partial charge in [0, 0.05) is 19.0 Å². The number of fused-ring (bicyclic) bond motifs is 4. The number of piperidine rings is 1. The predicted molar refractivity (Wildman–Crippen MR) is 122 cm³/mol. The van der Waals surface area contributed by atoms with Crippen molar-refractivity contribution in [3.8, 4) is 11.1 Å². The van der Waals surface area contributed by atoms with Crippen LogP contribution in [0.4, 0.5) is 4.79 Å². The van der Waals surface area contributed by atoms with Gasteiger partial charge in [-0.2, -0.15) is 0 Å². The lowest BCUT2D eigenvalue weighted by atomic mass is 9.84. The second-order valence-corrected chi connectivity index (χ2v) is 9.05. The summed E-state index contributed by atoms with van der Waals surface area (Å²) in [6, 6.07) is 15.6. The molecule has 2 amide bonds. The fourth-order valence-electron chi connectivity index (χ4n) is 6.03. The Kier molecular flexibility index (Phi) is 5.35. The molecule has 3 aliphatic rings.